The Labute approximate surface area is 175 Å². The molecule has 2 rings (SSSR count). The molecule has 2 aromatic carbocycles. The molecule has 0 radical (unpaired) electrons. The number of esters is 1. The fraction of sp³-hybridized carbons (Fsp3) is 0.273. The van der Waals surface area contributed by atoms with Crippen molar-refractivity contribution in [2.24, 2.45) is 0 Å². The summed E-state index contributed by atoms with van der Waals surface area (Å²) in [7, 11) is 1.52. The lowest BCUT2D eigenvalue weighted by Crippen LogP contribution is -2.24. The molecule has 154 valence electrons. The highest BCUT2D eigenvalue weighted by Gasteiger charge is 2.13. The first kappa shape index (κ1) is 22.3. The first-order chi connectivity index (χ1) is 13.8. The summed E-state index contributed by atoms with van der Waals surface area (Å²) in [6, 6.07) is 8.98. The average molecular weight is 418 g/mol. The Balaban J connectivity index is 1.87. The number of carbonyl (C=O) groups excluding carboxylic acids is 2. The van der Waals surface area contributed by atoms with Crippen molar-refractivity contribution in [2.75, 3.05) is 25.6 Å². The number of allylic oxidation sites excluding steroid dienone is 1. The second-order valence-electron chi connectivity index (χ2n) is 6.35. The van der Waals surface area contributed by atoms with Gasteiger partial charge in [-0.1, -0.05) is 35.9 Å². The fourth-order valence-corrected chi connectivity index (χ4v) is 3.04. The van der Waals surface area contributed by atoms with Crippen LogP contribution >= 0.6 is 11.6 Å². The Hall–Kier alpha value is -2.99. The van der Waals surface area contributed by atoms with Gasteiger partial charge in [0.15, 0.2) is 24.7 Å². The van der Waals surface area contributed by atoms with E-state index in [1.54, 1.807) is 18.2 Å². The van der Waals surface area contributed by atoms with Crippen molar-refractivity contribution in [1.82, 2.24) is 0 Å². The maximum atomic E-state index is 12.1. The molecule has 1 amide bonds. The molecule has 0 spiro atoms. The van der Waals surface area contributed by atoms with Gasteiger partial charge in [-0.05, 0) is 55.7 Å². The van der Waals surface area contributed by atoms with Crippen molar-refractivity contribution in [3.8, 4) is 11.5 Å². The van der Waals surface area contributed by atoms with Crippen molar-refractivity contribution in [1.29, 1.82) is 0 Å². The van der Waals surface area contributed by atoms with Crippen LogP contribution in [0.2, 0.25) is 5.02 Å². The highest BCUT2D eigenvalue weighted by atomic mass is 35.5. The molecule has 0 saturated carbocycles. The highest BCUT2D eigenvalue weighted by molar-refractivity contribution is 6.34. The molecule has 0 unspecified atom stereocenters. The highest BCUT2D eigenvalue weighted by Crippen LogP contribution is 2.29. The van der Waals surface area contributed by atoms with E-state index in [0.717, 1.165) is 16.7 Å². The van der Waals surface area contributed by atoms with Crippen LogP contribution in [0.15, 0.2) is 36.4 Å². The summed E-state index contributed by atoms with van der Waals surface area (Å²) in [4.78, 5) is 24.0. The number of rotatable bonds is 8. The summed E-state index contributed by atoms with van der Waals surface area (Å²) >= 11 is 6.16. The standard InChI is InChI=1S/C22H24ClNO5/c1-5-6-16-7-8-18(19(11-16)27-4)28-13-21(26)29-12-20(25)24-22-15(3)9-14(2)10-17(22)23/h5-11H,12-13H2,1-4H3,(H,24,25)/b6-5+. The summed E-state index contributed by atoms with van der Waals surface area (Å²) in [5, 5.41) is 3.09. The SMILES string of the molecule is C/C=C/c1ccc(OCC(=O)OCC(=O)Nc2c(C)cc(C)cc2Cl)c(OC)c1. The molecule has 6 nitrogen and oxygen atoms in total. The predicted molar refractivity (Wildman–Crippen MR) is 114 cm³/mol. The third kappa shape index (κ3) is 6.54. The lowest BCUT2D eigenvalue weighted by molar-refractivity contribution is -0.149. The van der Waals surface area contributed by atoms with Crippen LogP contribution in [-0.4, -0.2) is 32.2 Å². The number of hydrogen-bond acceptors (Lipinski definition) is 5. The summed E-state index contributed by atoms with van der Waals surface area (Å²) in [5.74, 6) is -0.258. The first-order valence-electron chi connectivity index (χ1n) is 8.99. The lowest BCUT2D eigenvalue weighted by Gasteiger charge is -2.13. The summed E-state index contributed by atoms with van der Waals surface area (Å²) in [6.07, 6.45) is 3.82. The molecule has 0 bridgehead atoms. The van der Waals surface area contributed by atoms with Crippen LogP contribution in [0, 0.1) is 13.8 Å². The number of aryl methyl sites for hydroxylation is 2. The fourth-order valence-electron chi connectivity index (χ4n) is 2.67. The molecular weight excluding hydrogens is 394 g/mol. The minimum Gasteiger partial charge on any atom is -0.493 e. The maximum Gasteiger partial charge on any atom is 0.344 e. The molecule has 1 N–H and O–H groups in total. The Morgan fingerprint density at radius 2 is 1.86 bits per heavy atom. The van der Waals surface area contributed by atoms with Crippen LogP contribution in [0.1, 0.15) is 23.6 Å². The zero-order chi connectivity index (χ0) is 21.4. The number of methoxy groups -OCH3 is 1. The van der Waals surface area contributed by atoms with E-state index in [-0.39, 0.29) is 6.61 Å². The van der Waals surface area contributed by atoms with E-state index in [0.29, 0.717) is 22.2 Å². The summed E-state index contributed by atoms with van der Waals surface area (Å²) in [5.41, 5.74) is 3.26. The Morgan fingerprint density at radius 1 is 1.10 bits per heavy atom. The van der Waals surface area contributed by atoms with E-state index >= 15 is 0 Å². The first-order valence-corrected chi connectivity index (χ1v) is 9.37. The van der Waals surface area contributed by atoms with Crippen LogP contribution in [0.5, 0.6) is 11.5 Å². The van der Waals surface area contributed by atoms with E-state index in [2.05, 4.69) is 5.32 Å². The number of amides is 1. The quantitative estimate of drug-likeness (QED) is 0.637. The van der Waals surface area contributed by atoms with E-state index in [1.807, 2.05) is 45.1 Å². The molecule has 0 aliphatic carbocycles. The molecule has 0 aromatic heterocycles. The van der Waals surface area contributed by atoms with Gasteiger partial charge in [0.25, 0.3) is 5.91 Å². The minimum absolute atomic E-state index is 0.350. The third-order valence-electron chi connectivity index (χ3n) is 3.95. The van der Waals surface area contributed by atoms with Crippen LogP contribution in [-0.2, 0) is 14.3 Å². The van der Waals surface area contributed by atoms with Gasteiger partial charge >= 0.3 is 5.97 Å². The maximum absolute atomic E-state index is 12.1. The lowest BCUT2D eigenvalue weighted by atomic mass is 10.1. The van der Waals surface area contributed by atoms with Crippen LogP contribution in [0.4, 0.5) is 5.69 Å². The number of ether oxygens (including phenoxy) is 3. The largest absolute Gasteiger partial charge is 0.493 e. The van der Waals surface area contributed by atoms with Gasteiger partial charge in [0, 0.05) is 0 Å². The van der Waals surface area contributed by atoms with Crippen molar-refractivity contribution in [3.63, 3.8) is 0 Å². The second-order valence-corrected chi connectivity index (χ2v) is 6.75. The molecule has 0 fully saturated rings. The van der Waals surface area contributed by atoms with Gasteiger partial charge in [-0.2, -0.15) is 0 Å². The number of anilines is 1. The number of hydrogen-bond donors (Lipinski definition) is 1. The van der Waals surface area contributed by atoms with Gasteiger partial charge in [0.05, 0.1) is 17.8 Å². The van der Waals surface area contributed by atoms with Crippen LogP contribution in [0.3, 0.4) is 0 Å². The van der Waals surface area contributed by atoms with Crippen molar-refractivity contribution < 1.29 is 23.8 Å². The summed E-state index contributed by atoms with van der Waals surface area (Å²) in [6.45, 7) is 4.87. The van der Waals surface area contributed by atoms with E-state index < -0.39 is 18.5 Å². The number of benzene rings is 2. The molecular formula is C22H24ClNO5. The van der Waals surface area contributed by atoms with Crippen LogP contribution < -0.4 is 14.8 Å². The van der Waals surface area contributed by atoms with Crippen molar-refractivity contribution >= 4 is 35.2 Å². The van der Waals surface area contributed by atoms with Gasteiger partial charge in [-0.15, -0.1) is 0 Å². The smallest absolute Gasteiger partial charge is 0.344 e. The van der Waals surface area contributed by atoms with Gasteiger partial charge in [0.2, 0.25) is 0 Å². The number of carbonyl (C=O) groups is 2. The molecule has 0 aliphatic heterocycles. The normalized spacial score (nSPS) is 10.7. The van der Waals surface area contributed by atoms with Gasteiger partial charge < -0.3 is 19.5 Å². The van der Waals surface area contributed by atoms with Crippen LogP contribution in [0.25, 0.3) is 6.08 Å². The van der Waals surface area contributed by atoms with E-state index in [1.165, 1.54) is 7.11 Å². The molecule has 0 atom stereocenters. The molecule has 0 aliphatic rings. The third-order valence-corrected chi connectivity index (χ3v) is 4.25. The van der Waals surface area contributed by atoms with Gasteiger partial charge in [0.1, 0.15) is 0 Å². The van der Waals surface area contributed by atoms with E-state index in [9.17, 15) is 9.59 Å². The zero-order valence-electron chi connectivity index (χ0n) is 16.9. The Bertz CT molecular complexity index is 900. The Kier molecular flexibility index (Phi) is 8.09. The second kappa shape index (κ2) is 10.5. The molecule has 0 heterocycles. The monoisotopic (exact) mass is 417 g/mol. The number of halogens is 1. The van der Waals surface area contributed by atoms with E-state index in [4.69, 9.17) is 25.8 Å². The zero-order valence-corrected chi connectivity index (χ0v) is 17.6. The predicted octanol–water partition coefficient (Wildman–Crippen LogP) is 4.56. The molecule has 29 heavy (non-hydrogen) atoms. The average Bonchev–Trinajstić information content (AvgIpc) is 2.68. The van der Waals surface area contributed by atoms with Gasteiger partial charge in [-0.3, -0.25) is 4.79 Å². The minimum atomic E-state index is -0.675. The number of nitrogens with one attached hydrogen (secondary N) is 1. The van der Waals surface area contributed by atoms with Crippen molar-refractivity contribution in [3.05, 3.63) is 58.1 Å². The van der Waals surface area contributed by atoms with Crippen molar-refractivity contribution in [2.45, 2.75) is 20.8 Å². The summed E-state index contributed by atoms with van der Waals surface area (Å²) < 4.78 is 15.7. The molecule has 0 saturated heterocycles. The Morgan fingerprint density at radius 3 is 2.52 bits per heavy atom. The molecule has 2 aromatic rings. The topological polar surface area (TPSA) is 73.9 Å². The van der Waals surface area contributed by atoms with Gasteiger partial charge in [-0.25, -0.2) is 4.79 Å². The molecule has 7 heteroatoms.